The van der Waals surface area contributed by atoms with Crippen LogP contribution >= 0.6 is 11.6 Å². The minimum Gasteiger partial charge on any atom is -0.355 e. The maximum atomic E-state index is 14.8. The first-order valence-corrected chi connectivity index (χ1v) is 10.8. The minimum absolute atomic E-state index is 0.0173. The molecule has 0 fully saturated rings. The van der Waals surface area contributed by atoms with Gasteiger partial charge in [-0.15, -0.1) is 0 Å². The lowest BCUT2D eigenvalue weighted by molar-refractivity contribution is -0.142. The van der Waals surface area contributed by atoms with Gasteiger partial charge in [0.15, 0.2) is 11.5 Å². The molecule has 5 rings (SSSR count). The quantitative estimate of drug-likeness (QED) is 0.266. The van der Waals surface area contributed by atoms with Crippen molar-refractivity contribution in [1.29, 1.82) is 0 Å². The molecule has 1 aliphatic carbocycles. The van der Waals surface area contributed by atoms with Crippen LogP contribution in [0.4, 0.5) is 22.0 Å². The third-order valence-corrected chi connectivity index (χ3v) is 5.88. The number of aromatic nitrogens is 3. The zero-order valence-corrected chi connectivity index (χ0v) is 18.5. The lowest BCUT2D eigenvalue weighted by Crippen LogP contribution is -2.14. The average Bonchev–Trinajstić information content (AvgIpc) is 3.44. The minimum atomic E-state index is -4.89. The summed E-state index contributed by atoms with van der Waals surface area (Å²) >= 11 is 6.25. The van der Waals surface area contributed by atoms with Crippen LogP contribution in [-0.2, 0) is 6.18 Å². The molecule has 2 heterocycles. The number of halogens is 6. The van der Waals surface area contributed by atoms with Crippen molar-refractivity contribution >= 4 is 17.2 Å². The fourth-order valence-corrected chi connectivity index (χ4v) is 4.32. The predicted molar refractivity (Wildman–Crippen MR) is 121 cm³/mol. The van der Waals surface area contributed by atoms with Crippen LogP contribution in [0.5, 0.6) is 0 Å². The van der Waals surface area contributed by atoms with Crippen molar-refractivity contribution in [3.05, 3.63) is 94.8 Å². The maximum Gasteiger partial charge on any atom is 0.434 e. The lowest BCUT2D eigenvalue weighted by Gasteiger charge is -2.14. The summed E-state index contributed by atoms with van der Waals surface area (Å²) in [7, 11) is 0. The second kappa shape index (κ2) is 8.81. The Hall–Kier alpha value is -3.72. The molecule has 0 amide bonds. The number of rotatable bonds is 4. The molecule has 0 bridgehead atoms. The maximum absolute atomic E-state index is 14.8. The molecule has 0 saturated heterocycles. The Bertz CT molecular complexity index is 1460. The molecular weight excluding hydrogens is 489 g/mol. The van der Waals surface area contributed by atoms with Crippen molar-refractivity contribution in [3.63, 3.8) is 0 Å². The van der Waals surface area contributed by atoms with Gasteiger partial charge in [0.2, 0.25) is 0 Å². The van der Waals surface area contributed by atoms with Crippen LogP contribution in [0.3, 0.4) is 0 Å². The first kappa shape index (κ1) is 23.0. The summed E-state index contributed by atoms with van der Waals surface area (Å²) in [5.41, 5.74) is -1.04. The van der Waals surface area contributed by atoms with Gasteiger partial charge >= 0.3 is 6.18 Å². The Kier molecular flexibility index (Phi) is 5.80. The lowest BCUT2D eigenvalue weighted by atomic mass is 9.91. The molecule has 0 aliphatic heterocycles. The normalized spacial score (nSPS) is 13.8. The van der Waals surface area contributed by atoms with Crippen LogP contribution in [0, 0.1) is 11.6 Å². The summed E-state index contributed by atoms with van der Waals surface area (Å²) < 4.78 is 77.6. The molecule has 0 N–H and O–H groups in total. The highest BCUT2D eigenvalue weighted by Gasteiger charge is 2.41. The van der Waals surface area contributed by atoms with Gasteiger partial charge in [0, 0.05) is 0 Å². The zero-order valence-electron chi connectivity index (χ0n) is 17.8. The van der Waals surface area contributed by atoms with Crippen molar-refractivity contribution in [3.8, 4) is 28.3 Å². The van der Waals surface area contributed by atoms with E-state index in [1.165, 1.54) is 30.3 Å². The van der Waals surface area contributed by atoms with Gasteiger partial charge in [-0.3, -0.25) is 0 Å². The predicted octanol–water partition coefficient (Wildman–Crippen LogP) is 7.88. The Morgan fingerprint density at radius 2 is 1.83 bits per heavy atom. The largest absolute Gasteiger partial charge is 0.434 e. The zero-order chi connectivity index (χ0) is 24.7. The third-order valence-electron chi connectivity index (χ3n) is 5.56. The molecular formula is C25H15ClF5N3O. The first-order chi connectivity index (χ1) is 16.8. The van der Waals surface area contributed by atoms with E-state index in [2.05, 4.69) is 10.3 Å². The number of hydrogen-bond donors (Lipinski definition) is 0. The molecule has 35 heavy (non-hydrogen) atoms. The van der Waals surface area contributed by atoms with E-state index in [-0.39, 0.29) is 33.3 Å². The highest BCUT2D eigenvalue weighted by molar-refractivity contribution is 6.33. The van der Waals surface area contributed by atoms with E-state index >= 15 is 0 Å². The van der Waals surface area contributed by atoms with Gasteiger partial charge in [-0.05, 0) is 48.7 Å². The summed E-state index contributed by atoms with van der Waals surface area (Å²) in [6.45, 7) is 0. The van der Waals surface area contributed by atoms with E-state index in [0.29, 0.717) is 23.1 Å². The Labute approximate surface area is 200 Å². The molecule has 1 aliphatic rings. The summed E-state index contributed by atoms with van der Waals surface area (Å²) in [5.74, 6) is -1.66. The van der Waals surface area contributed by atoms with E-state index in [9.17, 15) is 22.0 Å². The van der Waals surface area contributed by atoms with Crippen LogP contribution in [0.25, 0.3) is 33.8 Å². The molecule has 2 aromatic carbocycles. The van der Waals surface area contributed by atoms with E-state index in [0.717, 1.165) is 18.3 Å². The second-order valence-electron chi connectivity index (χ2n) is 7.79. The van der Waals surface area contributed by atoms with Gasteiger partial charge in [0.05, 0.1) is 33.6 Å². The fourth-order valence-electron chi connectivity index (χ4n) is 4.07. The number of nitrogens with zero attached hydrogens (tertiary/aromatic N) is 3. The van der Waals surface area contributed by atoms with E-state index < -0.39 is 29.1 Å². The van der Waals surface area contributed by atoms with Crippen molar-refractivity contribution in [2.75, 3.05) is 0 Å². The van der Waals surface area contributed by atoms with Crippen LogP contribution < -0.4 is 0 Å². The van der Waals surface area contributed by atoms with Gasteiger partial charge in [0.25, 0.3) is 0 Å². The van der Waals surface area contributed by atoms with E-state index in [1.54, 1.807) is 12.2 Å². The van der Waals surface area contributed by atoms with Gasteiger partial charge in [0.1, 0.15) is 17.3 Å². The third kappa shape index (κ3) is 4.16. The highest BCUT2D eigenvalue weighted by atomic mass is 35.5. The topological polar surface area (TPSA) is 43.9 Å². The number of benzene rings is 2. The summed E-state index contributed by atoms with van der Waals surface area (Å²) in [5, 5.41) is 7.86. The van der Waals surface area contributed by atoms with Crippen molar-refractivity contribution < 1.29 is 26.5 Å². The van der Waals surface area contributed by atoms with Crippen LogP contribution in [0.2, 0.25) is 5.02 Å². The van der Waals surface area contributed by atoms with E-state index in [4.69, 9.17) is 16.1 Å². The van der Waals surface area contributed by atoms with Crippen LogP contribution in [0.15, 0.2) is 71.4 Å². The molecule has 0 spiro atoms. The molecule has 4 aromatic rings. The second-order valence-corrected chi connectivity index (χ2v) is 8.19. The van der Waals surface area contributed by atoms with Gasteiger partial charge in [-0.2, -0.15) is 18.3 Å². The Balaban J connectivity index is 1.80. The summed E-state index contributed by atoms with van der Waals surface area (Å²) in [6, 6.07) is 8.68. The molecule has 0 atom stereocenters. The van der Waals surface area contributed by atoms with Gasteiger partial charge in [-0.25, -0.2) is 13.5 Å². The standard InChI is InChI=1S/C25H15ClF5N3O/c26-18-10-5-11-19(28)21(18)22-20(14-6-2-1-3-7-14)23(35-33-22)17-13-32-34(24(17)25(29,30)31)16-9-4-8-15(27)12-16/h1-2,4-6,8-13H,3,7H2. The monoisotopic (exact) mass is 503 g/mol. The number of allylic oxidation sites excluding steroid dienone is 4. The van der Waals surface area contributed by atoms with Crippen molar-refractivity contribution in [2.45, 2.75) is 19.0 Å². The van der Waals surface area contributed by atoms with Gasteiger partial charge in [-0.1, -0.05) is 47.1 Å². The summed E-state index contributed by atoms with van der Waals surface area (Å²) in [4.78, 5) is 0. The molecule has 2 aromatic heterocycles. The van der Waals surface area contributed by atoms with Crippen molar-refractivity contribution in [1.82, 2.24) is 14.9 Å². The molecule has 4 nitrogen and oxygen atoms in total. The summed E-state index contributed by atoms with van der Waals surface area (Å²) in [6.07, 6.45) is 2.53. The van der Waals surface area contributed by atoms with Crippen LogP contribution in [0.1, 0.15) is 24.1 Å². The van der Waals surface area contributed by atoms with E-state index in [1.807, 2.05) is 6.08 Å². The smallest absolute Gasteiger partial charge is 0.355 e. The van der Waals surface area contributed by atoms with Gasteiger partial charge < -0.3 is 4.52 Å². The average molecular weight is 504 g/mol. The van der Waals surface area contributed by atoms with Crippen molar-refractivity contribution in [2.24, 2.45) is 0 Å². The SMILES string of the molecule is Fc1cccc(-n2ncc(-c3onc(-c4c(F)cccc4Cl)c3C3=CC=CCC3)c2C(F)(F)F)c1. The highest BCUT2D eigenvalue weighted by Crippen LogP contribution is 2.46. The number of hydrogen-bond acceptors (Lipinski definition) is 3. The number of alkyl halides is 3. The molecule has 10 heteroatoms. The molecule has 0 unspecified atom stereocenters. The Morgan fingerprint density at radius 3 is 2.51 bits per heavy atom. The first-order valence-electron chi connectivity index (χ1n) is 10.5. The van der Waals surface area contributed by atoms with Crippen LogP contribution in [-0.4, -0.2) is 14.9 Å². The molecule has 0 radical (unpaired) electrons. The molecule has 0 saturated carbocycles. The molecule has 178 valence electrons. The Morgan fingerprint density at radius 1 is 1.03 bits per heavy atom. The fraction of sp³-hybridized carbons (Fsp3) is 0.120.